The average Bonchev–Trinajstić information content (AvgIpc) is 2.65. The third kappa shape index (κ3) is 9.53. The molecule has 2 aromatic carbocycles. The summed E-state index contributed by atoms with van der Waals surface area (Å²) in [6.07, 6.45) is -4.73. The summed E-state index contributed by atoms with van der Waals surface area (Å²) in [5.74, 6) is 0.511. The van der Waals surface area contributed by atoms with Crippen LogP contribution in [0.15, 0.2) is 47.5 Å². The molecule has 0 amide bonds. The number of hydrogen-bond donors (Lipinski definition) is 2. The summed E-state index contributed by atoms with van der Waals surface area (Å²) in [6.45, 7) is 5.70. The fourth-order valence-electron chi connectivity index (χ4n) is 2.38. The number of alkyl halides is 3. The first-order valence-corrected chi connectivity index (χ1v) is 8.99. The molecule has 0 saturated carbocycles. The van der Waals surface area contributed by atoms with Gasteiger partial charge in [0.05, 0.1) is 13.2 Å². The Kier molecular flexibility index (Phi) is 10.7. The van der Waals surface area contributed by atoms with Gasteiger partial charge in [-0.25, -0.2) is 4.99 Å². The smallest absolute Gasteiger partial charge is 0.491 e. The fraction of sp³-hybridized carbons (Fsp3) is 0.350. The predicted octanol–water partition coefficient (Wildman–Crippen LogP) is 4.85. The molecule has 0 fully saturated rings. The molecule has 0 aliphatic carbocycles. The largest absolute Gasteiger partial charge is 0.573 e. The second kappa shape index (κ2) is 12.5. The standard InChI is InChI=1S/C20H24F3N3O3.HI/c1-3-27-10-11-28-18-12-14(2)4-5-15(18)13-25-19(24)26-16-6-8-17(9-7-16)29-20(21,22)23;/h4-9,12H,3,10-11,13H2,1-2H3,(H3,24,25,26);1H. The van der Waals surface area contributed by atoms with Gasteiger partial charge in [0.2, 0.25) is 0 Å². The van der Waals surface area contributed by atoms with Crippen molar-refractivity contribution in [3.8, 4) is 11.5 Å². The first kappa shape index (κ1) is 25.8. The average molecular weight is 539 g/mol. The minimum atomic E-state index is -4.73. The molecular weight excluding hydrogens is 514 g/mol. The van der Waals surface area contributed by atoms with Gasteiger partial charge in [-0.2, -0.15) is 0 Å². The Labute approximate surface area is 190 Å². The molecule has 0 spiro atoms. The zero-order valence-electron chi connectivity index (χ0n) is 16.7. The lowest BCUT2D eigenvalue weighted by Gasteiger charge is -2.12. The maximum Gasteiger partial charge on any atom is 0.573 e. The highest BCUT2D eigenvalue weighted by molar-refractivity contribution is 14.0. The molecule has 2 rings (SSSR count). The predicted molar refractivity (Wildman–Crippen MR) is 121 cm³/mol. The topological polar surface area (TPSA) is 78.1 Å². The number of ether oxygens (including phenoxy) is 3. The van der Waals surface area contributed by atoms with E-state index >= 15 is 0 Å². The molecule has 6 nitrogen and oxygen atoms in total. The number of nitrogens with zero attached hydrogens (tertiary/aromatic N) is 1. The molecule has 0 unspecified atom stereocenters. The molecule has 2 aromatic rings. The van der Waals surface area contributed by atoms with E-state index in [2.05, 4.69) is 15.0 Å². The van der Waals surface area contributed by atoms with Gasteiger partial charge >= 0.3 is 6.36 Å². The van der Waals surface area contributed by atoms with Crippen LogP contribution in [0, 0.1) is 6.92 Å². The van der Waals surface area contributed by atoms with E-state index in [0.717, 1.165) is 11.1 Å². The van der Waals surface area contributed by atoms with Crippen molar-refractivity contribution in [2.24, 2.45) is 10.7 Å². The monoisotopic (exact) mass is 539 g/mol. The van der Waals surface area contributed by atoms with Gasteiger partial charge in [-0.15, -0.1) is 37.1 Å². The third-order valence-corrected chi connectivity index (χ3v) is 3.69. The number of rotatable bonds is 9. The van der Waals surface area contributed by atoms with Crippen LogP contribution in [0.5, 0.6) is 11.5 Å². The van der Waals surface area contributed by atoms with Gasteiger partial charge in [-0.3, -0.25) is 0 Å². The van der Waals surface area contributed by atoms with Crippen LogP contribution in [0.25, 0.3) is 0 Å². The summed E-state index contributed by atoms with van der Waals surface area (Å²) < 4.78 is 51.4. The molecule has 30 heavy (non-hydrogen) atoms. The lowest BCUT2D eigenvalue weighted by molar-refractivity contribution is -0.274. The first-order valence-electron chi connectivity index (χ1n) is 8.99. The number of aliphatic imine (C=N–C) groups is 1. The summed E-state index contributed by atoms with van der Waals surface area (Å²) in [4.78, 5) is 4.27. The number of aryl methyl sites for hydroxylation is 1. The minimum Gasteiger partial charge on any atom is -0.491 e. The van der Waals surface area contributed by atoms with Crippen molar-refractivity contribution in [2.45, 2.75) is 26.8 Å². The zero-order valence-corrected chi connectivity index (χ0v) is 19.0. The SMILES string of the molecule is CCOCCOc1cc(C)ccc1CN=C(N)Nc1ccc(OC(F)(F)F)cc1.I. The Morgan fingerprint density at radius 3 is 2.43 bits per heavy atom. The molecule has 166 valence electrons. The molecule has 0 saturated heterocycles. The van der Waals surface area contributed by atoms with Gasteiger partial charge < -0.3 is 25.3 Å². The molecule has 0 heterocycles. The number of benzene rings is 2. The van der Waals surface area contributed by atoms with Crippen molar-refractivity contribution in [3.63, 3.8) is 0 Å². The van der Waals surface area contributed by atoms with E-state index < -0.39 is 6.36 Å². The maximum absolute atomic E-state index is 12.2. The number of anilines is 1. The van der Waals surface area contributed by atoms with E-state index in [1.165, 1.54) is 24.3 Å². The number of nitrogens with one attached hydrogen (secondary N) is 1. The zero-order chi connectivity index (χ0) is 21.3. The molecule has 10 heteroatoms. The number of nitrogens with two attached hydrogens (primary N) is 1. The lowest BCUT2D eigenvalue weighted by Crippen LogP contribution is -2.22. The van der Waals surface area contributed by atoms with Gasteiger partial charge in [0, 0.05) is 17.9 Å². The highest BCUT2D eigenvalue weighted by atomic mass is 127. The van der Waals surface area contributed by atoms with Crippen molar-refractivity contribution in [3.05, 3.63) is 53.6 Å². The molecular formula is C20H25F3IN3O3. The second-order valence-corrected chi connectivity index (χ2v) is 6.06. The molecule has 0 bridgehead atoms. The van der Waals surface area contributed by atoms with Gasteiger partial charge in [0.15, 0.2) is 5.96 Å². The van der Waals surface area contributed by atoms with Gasteiger partial charge in [0.1, 0.15) is 18.1 Å². The van der Waals surface area contributed by atoms with Crippen LogP contribution < -0.4 is 20.5 Å². The molecule has 3 N–H and O–H groups in total. The number of halogens is 4. The Morgan fingerprint density at radius 2 is 1.80 bits per heavy atom. The molecule has 0 atom stereocenters. The summed E-state index contributed by atoms with van der Waals surface area (Å²) in [6, 6.07) is 11.0. The quantitative estimate of drug-likeness (QED) is 0.206. The fourth-order valence-corrected chi connectivity index (χ4v) is 2.38. The summed E-state index contributed by atoms with van der Waals surface area (Å²) in [5, 5.41) is 2.82. The Bertz CT molecular complexity index is 815. The van der Waals surface area contributed by atoms with E-state index in [1.54, 1.807) is 0 Å². The Hall–Kier alpha value is -2.21. The van der Waals surface area contributed by atoms with Crippen LogP contribution in [0.2, 0.25) is 0 Å². The summed E-state index contributed by atoms with van der Waals surface area (Å²) in [7, 11) is 0. The molecule has 0 radical (unpaired) electrons. The van der Waals surface area contributed by atoms with Crippen LogP contribution in [-0.2, 0) is 11.3 Å². The third-order valence-electron chi connectivity index (χ3n) is 3.69. The van der Waals surface area contributed by atoms with E-state index in [1.807, 2.05) is 32.0 Å². The van der Waals surface area contributed by atoms with Gasteiger partial charge in [-0.05, 0) is 49.7 Å². The highest BCUT2D eigenvalue weighted by Gasteiger charge is 2.30. The normalized spacial score (nSPS) is 11.6. The van der Waals surface area contributed by atoms with E-state index in [0.29, 0.717) is 31.3 Å². The van der Waals surface area contributed by atoms with Crippen LogP contribution in [0.3, 0.4) is 0 Å². The van der Waals surface area contributed by atoms with Crippen LogP contribution >= 0.6 is 24.0 Å². The van der Waals surface area contributed by atoms with Crippen LogP contribution in [0.4, 0.5) is 18.9 Å². The minimum absolute atomic E-state index is 0. The number of guanidine groups is 1. The van der Waals surface area contributed by atoms with Crippen molar-refractivity contribution >= 4 is 35.6 Å². The van der Waals surface area contributed by atoms with E-state index in [9.17, 15) is 13.2 Å². The van der Waals surface area contributed by atoms with Crippen molar-refractivity contribution in [1.29, 1.82) is 0 Å². The number of hydrogen-bond acceptors (Lipinski definition) is 4. The van der Waals surface area contributed by atoms with Gasteiger partial charge in [-0.1, -0.05) is 12.1 Å². The molecule has 0 aliphatic heterocycles. The van der Waals surface area contributed by atoms with Crippen molar-refractivity contribution < 1.29 is 27.4 Å². The molecule has 0 aliphatic rings. The van der Waals surface area contributed by atoms with Crippen LogP contribution in [-0.4, -0.2) is 32.1 Å². The maximum atomic E-state index is 12.2. The Balaban J connectivity index is 0.00000450. The first-order chi connectivity index (χ1) is 13.8. The van der Waals surface area contributed by atoms with E-state index in [-0.39, 0.29) is 42.2 Å². The van der Waals surface area contributed by atoms with Gasteiger partial charge in [0.25, 0.3) is 0 Å². The van der Waals surface area contributed by atoms with Crippen molar-refractivity contribution in [1.82, 2.24) is 0 Å². The lowest BCUT2D eigenvalue weighted by atomic mass is 10.1. The molecule has 0 aromatic heterocycles. The van der Waals surface area contributed by atoms with Crippen LogP contribution in [0.1, 0.15) is 18.1 Å². The van der Waals surface area contributed by atoms with Crippen molar-refractivity contribution in [2.75, 3.05) is 25.1 Å². The second-order valence-electron chi connectivity index (χ2n) is 6.06. The van der Waals surface area contributed by atoms with E-state index in [4.69, 9.17) is 15.2 Å². The summed E-state index contributed by atoms with van der Waals surface area (Å²) >= 11 is 0. The summed E-state index contributed by atoms with van der Waals surface area (Å²) in [5.41, 5.74) is 8.27. The Morgan fingerprint density at radius 1 is 1.10 bits per heavy atom. The highest BCUT2D eigenvalue weighted by Crippen LogP contribution is 2.24.